The highest BCUT2D eigenvalue weighted by Gasteiger charge is 2.05. The number of ether oxygens (including phenoxy) is 1. The molecule has 0 aromatic carbocycles. The van der Waals surface area contributed by atoms with Crippen LogP contribution in [0, 0.1) is 0 Å². The largest absolute Gasteiger partial charge is 0.469 e. The van der Waals surface area contributed by atoms with Gasteiger partial charge in [-0.25, -0.2) is 0 Å². The molecule has 0 bridgehead atoms. The predicted octanol–water partition coefficient (Wildman–Crippen LogP) is 4.47. The van der Waals surface area contributed by atoms with Crippen LogP contribution in [0.4, 0.5) is 0 Å². The van der Waals surface area contributed by atoms with E-state index in [1.165, 1.54) is 26.4 Å². The molecule has 4 heteroatoms. The maximum atomic E-state index is 11.0. The molecule has 0 aliphatic heterocycles. The van der Waals surface area contributed by atoms with Crippen LogP contribution in [0.15, 0.2) is 36.5 Å². The van der Waals surface area contributed by atoms with Gasteiger partial charge in [0.15, 0.2) is 0 Å². The fourth-order valence-corrected chi connectivity index (χ4v) is 2.33. The standard InChI is InChI=1S/C21H36O4/c1-3-4-5-6-7-10-14-19(22)15-11-8-9-12-16-20(23)17-13-18-21(24)25-2/h7-11,15,19-20,22-23H,3-6,12-14,16-18H2,1-2H3/b9-8+,10-7-,15-11+/t19-,20-/m0/s1. The molecule has 0 spiro atoms. The van der Waals surface area contributed by atoms with Crippen LogP contribution in [0.25, 0.3) is 0 Å². The number of carbonyl (C=O) groups is 1. The van der Waals surface area contributed by atoms with Gasteiger partial charge in [0.2, 0.25) is 0 Å². The lowest BCUT2D eigenvalue weighted by atomic mass is 10.1. The third kappa shape index (κ3) is 17.2. The first-order valence-electron chi connectivity index (χ1n) is 9.51. The van der Waals surface area contributed by atoms with E-state index >= 15 is 0 Å². The molecule has 2 atom stereocenters. The summed E-state index contributed by atoms with van der Waals surface area (Å²) >= 11 is 0. The smallest absolute Gasteiger partial charge is 0.305 e. The minimum Gasteiger partial charge on any atom is -0.469 e. The van der Waals surface area contributed by atoms with Crippen LogP contribution in [0.5, 0.6) is 0 Å². The molecule has 4 nitrogen and oxygen atoms in total. The van der Waals surface area contributed by atoms with E-state index in [0.717, 1.165) is 12.8 Å². The van der Waals surface area contributed by atoms with E-state index in [9.17, 15) is 15.0 Å². The third-order valence-electron chi connectivity index (χ3n) is 3.91. The highest BCUT2D eigenvalue weighted by Crippen LogP contribution is 2.08. The van der Waals surface area contributed by atoms with Gasteiger partial charge in [0.1, 0.15) is 0 Å². The number of allylic oxidation sites excluding steroid dienone is 4. The quantitative estimate of drug-likeness (QED) is 0.197. The van der Waals surface area contributed by atoms with Crippen molar-refractivity contribution in [1.29, 1.82) is 0 Å². The van der Waals surface area contributed by atoms with E-state index < -0.39 is 6.10 Å². The topological polar surface area (TPSA) is 66.8 Å². The van der Waals surface area contributed by atoms with E-state index in [-0.39, 0.29) is 12.1 Å². The molecule has 0 amide bonds. The number of carbonyl (C=O) groups excluding carboxylic acids is 1. The number of hydrogen-bond donors (Lipinski definition) is 2. The molecule has 144 valence electrons. The van der Waals surface area contributed by atoms with Crippen LogP contribution >= 0.6 is 0 Å². The van der Waals surface area contributed by atoms with Crippen LogP contribution in [-0.4, -0.2) is 35.5 Å². The van der Waals surface area contributed by atoms with Crippen LogP contribution in [0.3, 0.4) is 0 Å². The summed E-state index contributed by atoms with van der Waals surface area (Å²) in [6, 6.07) is 0. The molecule has 25 heavy (non-hydrogen) atoms. The number of aliphatic hydroxyl groups is 2. The van der Waals surface area contributed by atoms with E-state index in [1.807, 2.05) is 24.3 Å². The first kappa shape index (κ1) is 23.6. The van der Waals surface area contributed by atoms with E-state index in [0.29, 0.717) is 32.1 Å². The molecule has 0 fully saturated rings. The van der Waals surface area contributed by atoms with E-state index in [2.05, 4.69) is 17.7 Å². The summed E-state index contributed by atoms with van der Waals surface area (Å²) in [5.41, 5.74) is 0. The lowest BCUT2D eigenvalue weighted by Gasteiger charge is -2.07. The average Bonchev–Trinajstić information content (AvgIpc) is 2.60. The normalized spacial score (nSPS) is 14.6. The Kier molecular flexibility index (Phi) is 16.5. The number of aliphatic hydroxyl groups excluding tert-OH is 2. The van der Waals surface area contributed by atoms with Crippen molar-refractivity contribution >= 4 is 5.97 Å². The first-order chi connectivity index (χ1) is 12.1. The molecule has 0 aliphatic carbocycles. The minimum atomic E-state index is -0.448. The van der Waals surface area contributed by atoms with Crippen molar-refractivity contribution in [3.63, 3.8) is 0 Å². The average molecular weight is 353 g/mol. The van der Waals surface area contributed by atoms with Gasteiger partial charge in [-0.15, -0.1) is 0 Å². The Morgan fingerprint density at radius 2 is 1.80 bits per heavy atom. The Labute approximate surface area is 153 Å². The maximum Gasteiger partial charge on any atom is 0.305 e. The van der Waals surface area contributed by atoms with E-state index in [4.69, 9.17) is 0 Å². The van der Waals surface area contributed by atoms with Gasteiger partial charge in [-0.1, -0.05) is 56.2 Å². The molecule has 2 N–H and O–H groups in total. The van der Waals surface area contributed by atoms with Crippen molar-refractivity contribution in [3.8, 4) is 0 Å². The van der Waals surface area contributed by atoms with Gasteiger partial charge in [0.25, 0.3) is 0 Å². The summed E-state index contributed by atoms with van der Waals surface area (Å²) in [6.07, 6.45) is 19.4. The van der Waals surface area contributed by atoms with E-state index in [1.54, 1.807) is 6.08 Å². The predicted molar refractivity (Wildman–Crippen MR) is 103 cm³/mol. The highest BCUT2D eigenvalue weighted by molar-refractivity contribution is 5.68. The Hall–Kier alpha value is -1.39. The zero-order valence-corrected chi connectivity index (χ0v) is 15.9. The maximum absolute atomic E-state index is 11.0. The molecule has 0 radical (unpaired) electrons. The SMILES string of the molecule is CCCCC/C=C\C[C@H](O)/C=C/C=C/CC[C@H](O)CCCC(=O)OC. The number of hydrogen-bond acceptors (Lipinski definition) is 4. The van der Waals surface area contributed by atoms with Crippen molar-refractivity contribution < 1.29 is 19.7 Å². The van der Waals surface area contributed by atoms with Crippen molar-refractivity contribution in [1.82, 2.24) is 0 Å². The molecule has 0 aliphatic rings. The Balaban J connectivity index is 3.67. The van der Waals surface area contributed by atoms with Gasteiger partial charge < -0.3 is 14.9 Å². The summed E-state index contributed by atoms with van der Waals surface area (Å²) < 4.78 is 4.56. The van der Waals surface area contributed by atoms with Crippen molar-refractivity contribution in [2.24, 2.45) is 0 Å². The zero-order valence-electron chi connectivity index (χ0n) is 15.9. The second kappa shape index (κ2) is 17.4. The Morgan fingerprint density at radius 3 is 2.52 bits per heavy atom. The van der Waals surface area contributed by atoms with Crippen LogP contribution in [0.2, 0.25) is 0 Å². The van der Waals surface area contributed by atoms with Crippen molar-refractivity contribution in [2.45, 2.75) is 83.3 Å². The zero-order chi connectivity index (χ0) is 18.8. The summed E-state index contributed by atoms with van der Waals surface area (Å²) in [5, 5.41) is 19.6. The summed E-state index contributed by atoms with van der Waals surface area (Å²) in [5.74, 6) is -0.230. The molecule has 0 rings (SSSR count). The summed E-state index contributed by atoms with van der Waals surface area (Å²) in [7, 11) is 1.37. The van der Waals surface area contributed by atoms with Gasteiger partial charge in [-0.2, -0.15) is 0 Å². The second-order valence-electron chi connectivity index (χ2n) is 6.28. The van der Waals surface area contributed by atoms with Gasteiger partial charge in [-0.3, -0.25) is 4.79 Å². The fourth-order valence-electron chi connectivity index (χ4n) is 2.33. The lowest BCUT2D eigenvalue weighted by molar-refractivity contribution is -0.140. The highest BCUT2D eigenvalue weighted by atomic mass is 16.5. The van der Waals surface area contributed by atoms with Crippen LogP contribution in [-0.2, 0) is 9.53 Å². The van der Waals surface area contributed by atoms with Crippen LogP contribution < -0.4 is 0 Å². The number of rotatable bonds is 15. The third-order valence-corrected chi connectivity index (χ3v) is 3.91. The van der Waals surface area contributed by atoms with Crippen molar-refractivity contribution in [3.05, 3.63) is 36.5 Å². The fraction of sp³-hybridized carbons (Fsp3) is 0.667. The first-order valence-corrected chi connectivity index (χ1v) is 9.51. The van der Waals surface area contributed by atoms with Gasteiger partial charge in [0.05, 0.1) is 19.3 Å². The summed E-state index contributed by atoms with van der Waals surface area (Å²) in [6.45, 7) is 2.19. The number of unbranched alkanes of at least 4 members (excludes halogenated alkanes) is 3. The minimum absolute atomic E-state index is 0.230. The molecular formula is C21H36O4. The van der Waals surface area contributed by atoms with Gasteiger partial charge in [0, 0.05) is 6.42 Å². The number of methoxy groups -OCH3 is 1. The Bertz CT molecular complexity index is 399. The monoisotopic (exact) mass is 352 g/mol. The lowest BCUT2D eigenvalue weighted by Crippen LogP contribution is -2.07. The van der Waals surface area contributed by atoms with Crippen molar-refractivity contribution in [2.75, 3.05) is 7.11 Å². The molecule has 0 aromatic heterocycles. The van der Waals surface area contributed by atoms with Crippen LogP contribution in [0.1, 0.15) is 71.1 Å². The van der Waals surface area contributed by atoms with Gasteiger partial charge in [-0.05, 0) is 44.9 Å². The molecular weight excluding hydrogens is 316 g/mol. The molecule has 0 saturated heterocycles. The Morgan fingerprint density at radius 1 is 1.00 bits per heavy atom. The molecule has 0 aromatic rings. The summed E-state index contributed by atoms with van der Waals surface area (Å²) in [4.78, 5) is 11.0. The number of esters is 1. The second-order valence-corrected chi connectivity index (χ2v) is 6.28. The molecule has 0 heterocycles. The molecule has 0 saturated carbocycles. The molecule has 0 unspecified atom stereocenters. The van der Waals surface area contributed by atoms with Gasteiger partial charge >= 0.3 is 5.97 Å².